The molecular weight excluding hydrogens is 368 g/mol. The fourth-order valence-electron chi connectivity index (χ4n) is 5.98. The van der Waals surface area contributed by atoms with Gasteiger partial charge in [-0.25, -0.2) is 0 Å². The van der Waals surface area contributed by atoms with E-state index in [9.17, 15) is 9.59 Å². The van der Waals surface area contributed by atoms with Crippen LogP contribution in [0.1, 0.15) is 50.9 Å². The summed E-state index contributed by atoms with van der Waals surface area (Å²) in [4.78, 5) is 27.4. The van der Waals surface area contributed by atoms with E-state index in [1.165, 1.54) is 0 Å². The second-order valence-electron chi connectivity index (χ2n) is 9.36. The third kappa shape index (κ3) is 2.04. The molecule has 4 atom stereocenters. The predicted octanol–water partition coefficient (Wildman–Crippen LogP) is 4.06. The van der Waals surface area contributed by atoms with E-state index in [4.69, 9.17) is 14.2 Å². The average Bonchev–Trinajstić information content (AvgIpc) is 2.83. The van der Waals surface area contributed by atoms with Crippen LogP contribution in [0.25, 0.3) is 0 Å². The van der Waals surface area contributed by atoms with Crippen molar-refractivity contribution in [3.63, 3.8) is 0 Å². The first-order chi connectivity index (χ1) is 13.7. The Bertz CT molecular complexity index is 1010. The zero-order valence-corrected chi connectivity index (χ0v) is 17.5. The number of fused-ring (bicyclic) bond motifs is 1. The Morgan fingerprint density at radius 2 is 2.03 bits per heavy atom. The molecule has 1 aromatic rings. The Morgan fingerprint density at radius 1 is 1.28 bits per heavy atom. The van der Waals surface area contributed by atoms with E-state index < -0.39 is 16.8 Å². The largest absolute Gasteiger partial charge is 0.496 e. The highest BCUT2D eigenvalue weighted by Crippen LogP contribution is 2.67. The van der Waals surface area contributed by atoms with Crippen LogP contribution in [-0.2, 0) is 9.53 Å². The Morgan fingerprint density at radius 3 is 2.72 bits per heavy atom. The van der Waals surface area contributed by atoms with E-state index in [-0.39, 0.29) is 23.4 Å². The minimum absolute atomic E-state index is 0.0275. The summed E-state index contributed by atoms with van der Waals surface area (Å²) in [5, 5.41) is 0. The molecule has 5 nitrogen and oxygen atoms in total. The standard InChI is InChI=1S/C24H26O5/c1-13(2)9-10-23-21(26)14-11-15-20(25)19-16(27-5)7-6-8-17(19)28-24(15,23)18(12-14)22(3,4)29-23/h6-9,11,14,18H,10,12H2,1-5H3. The van der Waals surface area contributed by atoms with Gasteiger partial charge in [-0.1, -0.05) is 23.8 Å². The summed E-state index contributed by atoms with van der Waals surface area (Å²) in [7, 11) is 1.55. The van der Waals surface area contributed by atoms with Crippen molar-refractivity contribution in [1.82, 2.24) is 0 Å². The Labute approximate surface area is 170 Å². The van der Waals surface area contributed by atoms with Crippen molar-refractivity contribution < 1.29 is 23.8 Å². The van der Waals surface area contributed by atoms with Crippen molar-refractivity contribution in [3.05, 3.63) is 47.1 Å². The highest BCUT2D eigenvalue weighted by atomic mass is 16.6. The Kier molecular flexibility index (Phi) is 3.59. The molecule has 0 amide bonds. The van der Waals surface area contributed by atoms with E-state index in [0.29, 0.717) is 35.5 Å². The van der Waals surface area contributed by atoms with Crippen LogP contribution in [-0.4, -0.2) is 35.5 Å². The van der Waals surface area contributed by atoms with Gasteiger partial charge in [-0.2, -0.15) is 0 Å². The van der Waals surface area contributed by atoms with E-state index in [1.54, 1.807) is 19.2 Å². The highest BCUT2D eigenvalue weighted by Gasteiger charge is 2.81. The molecule has 1 spiro atoms. The summed E-state index contributed by atoms with van der Waals surface area (Å²) in [5.41, 5.74) is -0.794. The van der Waals surface area contributed by atoms with Gasteiger partial charge in [0.05, 0.1) is 12.7 Å². The van der Waals surface area contributed by atoms with Gasteiger partial charge in [0.15, 0.2) is 22.8 Å². The maximum absolute atomic E-state index is 13.7. The summed E-state index contributed by atoms with van der Waals surface area (Å²) in [6.07, 6.45) is 4.90. The van der Waals surface area contributed by atoms with Crippen molar-refractivity contribution in [2.45, 2.75) is 57.3 Å². The van der Waals surface area contributed by atoms with Crippen LogP contribution in [0.4, 0.5) is 0 Å². The van der Waals surface area contributed by atoms with Gasteiger partial charge in [0.25, 0.3) is 0 Å². The summed E-state index contributed by atoms with van der Waals surface area (Å²) < 4.78 is 18.7. The Balaban J connectivity index is 1.81. The molecule has 5 aliphatic rings. The maximum atomic E-state index is 13.7. The molecule has 152 valence electrons. The van der Waals surface area contributed by atoms with Gasteiger partial charge in [-0.15, -0.1) is 0 Å². The third-order valence-electron chi connectivity index (χ3n) is 7.11. The van der Waals surface area contributed by atoms with Crippen LogP contribution in [0.15, 0.2) is 41.5 Å². The van der Waals surface area contributed by atoms with Gasteiger partial charge in [0.2, 0.25) is 0 Å². The van der Waals surface area contributed by atoms with Crippen LogP contribution in [0.2, 0.25) is 0 Å². The number of methoxy groups -OCH3 is 1. The molecule has 1 saturated heterocycles. The highest BCUT2D eigenvalue weighted by molar-refractivity contribution is 6.18. The fourth-order valence-corrected chi connectivity index (χ4v) is 5.98. The molecule has 2 aliphatic heterocycles. The van der Waals surface area contributed by atoms with Gasteiger partial charge < -0.3 is 14.2 Å². The molecule has 0 N–H and O–H groups in total. The molecule has 1 saturated carbocycles. The third-order valence-corrected chi connectivity index (χ3v) is 7.11. The first-order valence-electron chi connectivity index (χ1n) is 10.2. The molecule has 2 heterocycles. The zero-order valence-electron chi connectivity index (χ0n) is 17.5. The molecule has 2 fully saturated rings. The lowest BCUT2D eigenvalue weighted by molar-refractivity contribution is -0.171. The number of ether oxygens (including phenoxy) is 3. The lowest BCUT2D eigenvalue weighted by Crippen LogP contribution is -2.72. The summed E-state index contributed by atoms with van der Waals surface area (Å²) in [5.74, 6) is 0.447. The second-order valence-corrected chi connectivity index (χ2v) is 9.36. The fraction of sp³-hybridized carbons (Fsp3) is 0.500. The summed E-state index contributed by atoms with van der Waals surface area (Å²) >= 11 is 0. The molecule has 6 rings (SSSR count). The predicted molar refractivity (Wildman–Crippen MR) is 107 cm³/mol. The Hall–Kier alpha value is -2.40. The number of hydrogen-bond donors (Lipinski definition) is 0. The summed E-state index contributed by atoms with van der Waals surface area (Å²) in [6.45, 7) is 8.02. The molecular formula is C24H26O5. The van der Waals surface area contributed by atoms with Crippen molar-refractivity contribution in [1.29, 1.82) is 0 Å². The monoisotopic (exact) mass is 394 g/mol. The van der Waals surface area contributed by atoms with E-state index in [1.807, 2.05) is 45.9 Å². The number of ketones is 2. The van der Waals surface area contributed by atoms with Gasteiger partial charge in [0, 0.05) is 23.8 Å². The zero-order chi connectivity index (χ0) is 20.8. The smallest absolute Gasteiger partial charge is 0.200 e. The number of benzene rings is 1. The van der Waals surface area contributed by atoms with Crippen LogP contribution in [0.3, 0.4) is 0 Å². The molecule has 4 bridgehead atoms. The van der Waals surface area contributed by atoms with Gasteiger partial charge in [-0.3, -0.25) is 9.59 Å². The quantitative estimate of drug-likeness (QED) is 0.724. The van der Waals surface area contributed by atoms with Crippen LogP contribution in [0, 0.1) is 11.8 Å². The molecule has 1 aromatic carbocycles. The average molecular weight is 394 g/mol. The number of rotatable bonds is 3. The van der Waals surface area contributed by atoms with Crippen molar-refractivity contribution >= 4 is 11.6 Å². The number of carbonyl (C=O) groups excluding carboxylic acids is 2. The molecule has 0 aromatic heterocycles. The van der Waals surface area contributed by atoms with Crippen molar-refractivity contribution in [2.24, 2.45) is 11.8 Å². The minimum atomic E-state index is -1.19. The first-order valence-corrected chi connectivity index (χ1v) is 10.2. The van der Waals surface area contributed by atoms with Crippen LogP contribution in [0.5, 0.6) is 11.5 Å². The van der Waals surface area contributed by atoms with E-state index in [0.717, 1.165) is 5.57 Å². The van der Waals surface area contributed by atoms with Crippen molar-refractivity contribution in [3.8, 4) is 11.5 Å². The van der Waals surface area contributed by atoms with Gasteiger partial charge in [-0.05, 0) is 46.2 Å². The van der Waals surface area contributed by atoms with Crippen LogP contribution >= 0.6 is 0 Å². The summed E-state index contributed by atoms with van der Waals surface area (Å²) in [6, 6.07) is 5.36. The van der Waals surface area contributed by atoms with Crippen LogP contribution < -0.4 is 9.47 Å². The topological polar surface area (TPSA) is 61.8 Å². The van der Waals surface area contributed by atoms with Crippen molar-refractivity contribution in [2.75, 3.05) is 7.11 Å². The SMILES string of the molecule is COc1cccc2c1C(=O)C1=CC3CC4C(C)(C)OC(CC=C(C)C)(C3=O)C14O2. The number of allylic oxidation sites excluding steroid dienone is 2. The van der Waals surface area contributed by atoms with E-state index in [2.05, 4.69) is 0 Å². The van der Waals surface area contributed by atoms with Gasteiger partial charge in [0.1, 0.15) is 17.1 Å². The molecule has 5 heteroatoms. The number of hydrogen-bond acceptors (Lipinski definition) is 5. The molecule has 4 unspecified atom stereocenters. The normalized spacial score (nSPS) is 35.4. The first kappa shape index (κ1) is 18.6. The van der Waals surface area contributed by atoms with Gasteiger partial charge >= 0.3 is 0 Å². The molecule has 29 heavy (non-hydrogen) atoms. The number of carbonyl (C=O) groups is 2. The lowest BCUT2D eigenvalue weighted by atomic mass is 9.51. The molecule has 3 aliphatic carbocycles. The number of Topliss-reactive ketones (excluding diaryl/α,β-unsaturated/α-hetero) is 2. The second kappa shape index (κ2) is 5.60. The maximum Gasteiger partial charge on any atom is 0.200 e. The molecule has 0 radical (unpaired) electrons. The van der Waals surface area contributed by atoms with E-state index >= 15 is 0 Å². The lowest BCUT2D eigenvalue weighted by Gasteiger charge is -2.56. The minimum Gasteiger partial charge on any atom is -0.496 e.